The van der Waals surface area contributed by atoms with Crippen LogP contribution < -0.4 is 5.32 Å². The molecule has 0 aromatic heterocycles. The van der Waals surface area contributed by atoms with E-state index in [2.05, 4.69) is 29.1 Å². The van der Waals surface area contributed by atoms with Crippen LogP contribution in [0.4, 0.5) is 0 Å². The molecule has 0 radical (unpaired) electrons. The summed E-state index contributed by atoms with van der Waals surface area (Å²) in [5.74, 6) is 0.942. The molecule has 1 N–H and O–H groups in total. The van der Waals surface area contributed by atoms with Crippen LogP contribution in [0.2, 0.25) is 0 Å². The third kappa shape index (κ3) is 5.41. The monoisotopic (exact) mass is 267 g/mol. The van der Waals surface area contributed by atoms with E-state index in [0.29, 0.717) is 0 Å². The molecule has 2 rings (SSSR count). The Morgan fingerprint density at radius 1 is 1.05 bits per heavy atom. The third-order valence-corrected chi connectivity index (χ3v) is 5.07. The number of piperazine rings is 1. The second kappa shape index (κ2) is 8.23. The first-order chi connectivity index (χ1) is 9.25. The van der Waals surface area contributed by atoms with Gasteiger partial charge in [0, 0.05) is 32.2 Å². The van der Waals surface area contributed by atoms with Crippen LogP contribution in [0.3, 0.4) is 0 Å². The Morgan fingerprint density at radius 3 is 2.42 bits per heavy atom. The van der Waals surface area contributed by atoms with E-state index in [-0.39, 0.29) is 0 Å². The second-order valence-corrected chi connectivity index (χ2v) is 6.64. The molecule has 0 amide bonds. The first-order valence-electron chi connectivity index (χ1n) is 8.40. The zero-order chi connectivity index (χ0) is 13.5. The topological polar surface area (TPSA) is 18.5 Å². The molecule has 1 atom stereocenters. The van der Waals surface area contributed by atoms with Gasteiger partial charge in [0.15, 0.2) is 0 Å². The molecule has 2 aliphatic rings. The summed E-state index contributed by atoms with van der Waals surface area (Å²) < 4.78 is 0. The average Bonchev–Trinajstić information content (AvgIpc) is 2.46. The summed E-state index contributed by atoms with van der Waals surface area (Å²) in [6.07, 6.45) is 8.59. The zero-order valence-corrected chi connectivity index (χ0v) is 13.0. The summed E-state index contributed by atoms with van der Waals surface area (Å²) >= 11 is 0. The standard InChI is InChI=1S/C16H33N3/c1-15(16-7-4-3-5-8-16)17-9-6-10-19-13-11-18(2)12-14-19/h15-17H,3-14H2,1-2H3. The fraction of sp³-hybridized carbons (Fsp3) is 1.00. The van der Waals surface area contributed by atoms with Gasteiger partial charge in [-0.1, -0.05) is 19.3 Å². The van der Waals surface area contributed by atoms with Crippen LogP contribution in [0, 0.1) is 5.92 Å². The molecule has 3 heteroatoms. The van der Waals surface area contributed by atoms with E-state index in [1.54, 1.807) is 0 Å². The van der Waals surface area contributed by atoms with Crippen LogP contribution in [0.1, 0.15) is 45.4 Å². The highest BCUT2D eigenvalue weighted by atomic mass is 15.2. The molecule has 1 saturated carbocycles. The van der Waals surface area contributed by atoms with Crippen molar-refractivity contribution in [3.63, 3.8) is 0 Å². The maximum absolute atomic E-state index is 3.76. The van der Waals surface area contributed by atoms with Gasteiger partial charge >= 0.3 is 0 Å². The summed E-state index contributed by atoms with van der Waals surface area (Å²) in [7, 11) is 2.23. The molecule has 0 aromatic rings. The summed E-state index contributed by atoms with van der Waals surface area (Å²) in [5.41, 5.74) is 0. The van der Waals surface area contributed by atoms with Gasteiger partial charge in [-0.3, -0.25) is 0 Å². The van der Waals surface area contributed by atoms with Crippen molar-refractivity contribution in [1.82, 2.24) is 15.1 Å². The van der Waals surface area contributed by atoms with E-state index >= 15 is 0 Å². The van der Waals surface area contributed by atoms with Crippen LogP contribution >= 0.6 is 0 Å². The Kier molecular flexibility index (Phi) is 6.62. The molecule has 19 heavy (non-hydrogen) atoms. The predicted molar refractivity (Wildman–Crippen MR) is 82.6 cm³/mol. The van der Waals surface area contributed by atoms with Crippen molar-refractivity contribution < 1.29 is 0 Å². The van der Waals surface area contributed by atoms with E-state index in [4.69, 9.17) is 0 Å². The molecule has 1 saturated heterocycles. The quantitative estimate of drug-likeness (QED) is 0.744. The maximum Gasteiger partial charge on any atom is 0.0110 e. The number of hydrogen-bond donors (Lipinski definition) is 1. The Labute approximate surface area is 119 Å². The summed E-state index contributed by atoms with van der Waals surface area (Å²) in [6.45, 7) is 9.87. The number of rotatable bonds is 6. The molecule has 0 bridgehead atoms. The predicted octanol–water partition coefficient (Wildman–Crippen LogP) is 2.18. The lowest BCUT2D eigenvalue weighted by Gasteiger charge is -2.32. The molecule has 2 fully saturated rings. The second-order valence-electron chi connectivity index (χ2n) is 6.64. The Morgan fingerprint density at radius 2 is 1.74 bits per heavy atom. The van der Waals surface area contributed by atoms with Gasteiger partial charge in [-0.2, -0.15) is 0 Å². The van der Waals surface area contributed by atoms with Crippen molar-refractivity contribution in [3.8, 4) is 0 Å². The van der Waals surface area contributed by atoms with Crippen molar-refractivity contribution in [2.45, 2.75) is 51.5 Å². The number of nitrogens with zero attached hydrogens (tertiary/aromatic N) is 2. The Hall–Kier alpha value is -0.120. The van der Waals surface area contributed by atoms with Crippen molar-refractivity contribution >= 4 is 0 Å². The van der Waals surface area contributed by atoms with Gasteiger partial charge in [0.1, 0.15) is 0 Å². The molecule has 0 aromatic carbocycles. The minimum absolute atomic E-state index is 0.729. The van der Waals surface area contributed by atoms with Crippen LogP contribution in [0.15, 0.2) is 0 Å². The van der Waals surface area contributed by atoms with E-state index in [1.807, 2.05) is 0 Å². The molecule has 1 aliphatic heterocycles. The highest BCUT2D eigenvalue weighted by Crippen LogP contribution is 2.26. The molecular weight excluding hydrogens is 234 g/mol. The molecule has 1 unspecified atom stereocenters. The SMILES string of the molecule is CC(NCCCN1CCN(C)CC1)C1CCCCC1. The number of likely N-dealkylation sites (N-methyl/N-ethyl adjacent to an activating group) is 1. The fourth-order valence-corrected chi connectivity index (χ4v) is 3.50. The normalized spacial score (nSPS) is 25.6. The van der Waals surface area contributed by atoms with Crippen LogP contribution in [0.5, 0.6) is 0 Å². The zero-order valence-electron chi connectivity index (χ0n) is 13.0. The summed E-state index contributed by atoms with van der Waals surface area (Å²) in [5, 5.41) is 3.76. The van der Waals surface area contributed by atoms with E-state index < -0.39 is 0 Å². The fourth-order valence-electron chi connectivity index (χ4n) is 3.50. The average molecular weight is 267 g/mol. The van der Waals surface area contributed by atoms with Crippen molar-refractivity contribution in [2.75, 3.05) is 46.3 Å². The first-order valence-corrected chi connectivity index (χ1v) is 8.40. The smallest absolute Gasteiger partial charge is 0.0110 e. The molecule has 112 valence electrons. The van der Waals surface area contributed by atoms with Crippen molar-refractivity contribution in [3.05, 3.63) is 0 Å². The highest BCUT2D eigenvalue weighted by molar-refractivity contribution is 4.76. The Bertz CT molecular complexity index is 230. The number of hydrogen-bond acceptors (Lipinski definition) is 3. The van der Waals surface area contributed by atoms with Gasteiger partial charge in [-0.15, -0.1) is 0 Å². The molecule has 1 aliphatic carbocycles. The lowest BCUT2D eigenvalue weighted by Crippen LogP contribution is -2.45. The van der Waals surface area contributed by atoms with Crippen molar-refractivity contribution in [1.29, 1.82) is 0 Å². The van der Waals surface area contributed by atoms with Gasteiger partial charge in [-0.05, 0) is 52.2 Å². The summed E-state index contributed by atoms with van der Waals surface area (Å²) in [6, 6.07) is 0.729. The van der Waals surface area contributed by atoms with Crippen LogP contribution in [0.25, 0.3) is 0 Å². The molecule has 3 nitrogen and oxygen atoms in total. The van der Waals surface area contributed by atoms with Crippen LogP contribution in [-0.4, -0.2) is 62.2 Å². The van der Waals surface area contributed by atoms with Gasteiger partial charge < -0.3 is 15.1 Å². The largest absolute Gasteiger partial charge is 0.314 e. The first kappa shape index (κ1) is 15.3. The lowest BCUT2D eigenvalue weighted by atomic mass is 9.84. The minimum atomic E-state index is 0.729. The van der Waals surface area contributed by atoms with E-state index in [9.17, 15) is 0 Å². The highest BCUT2D eigenvalue weighted by Gasteiger charge is 2.19. The maximum atomic E-state index is 3.76. The molecular formula is C16H33N3. The van der Waals surface area contributed by atoms with E-state index in [0.717, 1.165) is 12.0 Å². The van der Waals surface area contributed by atoms with Crippen LogP contribution in [-0.2, 0) is 0 Å². The van der Waals surface area contributed by atoms with Gasteiger partial charge in [-0.25, -0.2) is 0 Å². The van der Waals surface area contributed by atoms with Gasteiger partial charge in [0.25, 0.3) is 0 Å². The van der Waals surface area contributed by atoms with E-state index in [1.165, 1.54) is 77.8 Å². The molecule has 0 spiro atoms. The van der Waals surface area contributed by atoms with Gasteiger partial charge in [0.2, 0.25) is 0 Å². The number of nitrogens with one attached hydrogen (secondary N) is 1. The Balaban J connectivity index is 1.51. The van der Waals surface area contributed by atoms with Gasteiger partial charge in [0.05, 0.1) is 0 Å². The van der Waals surface area contributed by atoms with Crippen molar-refractivity contribution in [2.24, 2.45) is 5.92 Å². The summed E-state index contributed by atoms with van der Waals surface area (Å²) in [4.78, 5) is 5.05. The minimum Gasteiger partial charge on any atom is -0.314 e. The third-order valence-electron chi connectivity index (χ3n) is 5.07. The lowest BCUT2D eigenvalue weighted by molar-refractivity contribution is 0.152. The molecule has 1 heterocycles.